The van der Waals surface area contributed by atoms with E-state index in [1.807, 2.05) is 42.5 Å². The zero-order valence-electron chi connectivity index (χ0n) is 14.5. The molecule has 1 saturated carbocycles. The second kappa shape index (κ2) is 8.40. The van der Waals surface area contributed by atoms with Crippen LogP contribution in [0.15, 0.2) is 54.6 Å². The maximum atomic E-state index is 12.3. The summed E-state index contributed by atoms with van der Waals surface area (Å²) in [5, 5.41) is 14.5. The number of nitrogens with one attached hydrogen (secondary N) is 1. The summed E-state index contributed by atoms with van der Waals surface area (Å²) in [5.41, 5.74) is 0.684. The SMILES string of the molecule is O=C(Cc1ccccc1)N[C@H]1CCC[C@@](O)(C#Cc2cccc(Cl)c2)C1. The fraction of sp³-hybridized carbons (Fsp3) is 0.318. The van der Waals surface area contributed by atoms with Crippen LogP contribution in [0.2, 0.25) is 5.02 Å². The van der Waals surface area contributed by atoms with Crippen molar-refractivity contribution >= 4 is 17.5 Å². The molecule has 1 aliphatic rings. The van der Waals surface area contributed by atoms with E-state index in [1.165, 1.54) is 0 Å². The smallest absolute Gasteiger partial charge is 0.224 e. The van der Waals surface area contributed by atoms with Crippen LogP contribution >= 0.6 is 11.6 Å². The van der Waals surface area contributed by atoms with Crippen LogP contribution in [0.4, 0.5) is 0 Å². The van der Waals surface area contributed by atoms with E-state index in [2.05, 4.69) is 17.2 Å². The third-order valence-electron chi connectivity index (χ3n) is 4.56. The monoisotopic (exact) mass is 367 g/mol. The molecular formula is C22H22ClNO2. The minimum absolute atomic E-state index is 0.0201. The average Bonchev–Trinajstić information content (AvgIpc) is 2.61. The lowest BCUT2D eigenvalue weighted by atomic mass is 9.82. The second-order valence-electron chi connectivity index (χ2n) is 6.82. The Labute approximate surface area is 159 Å². The molecule has 1 aliphatic carbocycles. The number of halogens is 1. The summed E-state index contributed by atoms with van der Waals surface area (Å²) in [6.07, 6.45) is 3.11. The van der Waals surface area contributed by atoms with Crippen LogP contribution in [0.3, 0.4) is 0 Å². The van der Waals surface area contributed by atoms with Crippen molar-refractivity contribution in [2.24, 2.45) is 0 Å². The Bertz CT molecular complexity index is 825. The van der Waals surface area contributed by atoms with Gasteiger partial charge in [-0.1, -0.05) is 59.8 Å². The van der Waals surface area contributed by atoms with Gasteiger partial charge in [0.1, 0.15) is 5.60 Å². The molecule has 0 heterocycles. The molecule has 0 spiro atoms. The van der Waals surface area contributed by atoms with Gasteiger partial charge in [0.2, 0.25) is 5.91 Å². The van der Waals surface area contributed by atoms with Gasteiger partial charge in [-0.25, -0.2) is 0 Å². The Morgan fingerprint density at radius 3 is 2.81 bits per heavy atom. The molecule has 134 valence electrons. The maximum absolute atomic E-state index is 12.3. The van der Waals surface area contributed by atoms with Gasteiger partial charge >= 0.3 is 0 Å². The third-order valence-corrected chi connectivity index (χ3v) is 4.80. The van der Waals surface area contributed by atoms with Crippen molar-refractivity contribution in [2.45, 2.75) is 43.7 Å². The van der Waals surface area contributed by atoms with E-state index >= 15 is 0 Å². The molecule has 1 amide bonds. The van der Waals surface area contributed by atoms with E-state index in [0.717, 1.165) is 24.0 Å². The summed E-state index contributed by atoms with van der Waals surface area (Å²) < 4.78 is 0. The van der Waals surface area contributed by atoms with Gasteiger partial charge in [-0.15, -0.1) is 0 Å². The molecular weight excluding hydrogens is 346 g/mol. The first kappa shape index (κ1) is 18.5. The van der Waals surface area contributed by atoms with Gasteiger partial charge in [0.05, 0.1) is 6.42 Å². The molecule has 26 heavy (non-hydrogen) atoms. The van der Waals surface area contributed by atoms with Gasteiger partial charge in [0.15, 0.2) is 0 Å². The highest BCUT2D eigenvalue weighted by atomic mass is 35.5. The van der Waals surface area contributed by atoms with E-state index in [9.17, 15) is 9.90 Å². The number of hydrogen-bond donors (Lipinski definition) is 2. The summed E-state index contributed by atoms with van der Waals surface area (Å²) in [6, 6.07) is 16.9. The van der Waals surface area contributed by atoms with E-state index in [1.54, 1.807) is 12.1 Å². The van der Waals surface area contributed by atoms with Crippen molar-refractivity contribution in [3.05, 3.63) is 70.7 Å². The van der Waals surface area contributed by atoms with Crippen molar-refractivity contribution in [3.63, 3.8) is 0 Å². The summed E-state index contributed by atoms with van der Waals surface area (Å²) in [4.78, 5) is 12.3. The molecule has 2 aromatic carbocycles. The summed E-state index contributed by atoms with van der Waals surface area (Å²) in [5.74, 6) is 5.98. The van der Waals surface area contributed by atoms with Gasteiger partial charge in [0, 0.05) is 23.0 Å². The number of carbonyl (C=O) groups excluding carboxylic acids is 1. The Morgan fingerprint density at radius 1 is 1.23 bits per heavy atom. The van der Waals surface area contributed by atoms with Crippen LogP contribution in [0, 0.1) is 11.8 Å². The predicted octanol–water partition coefficient (Wildman–Crippen LogP) is 3.72. The number of aliphatic hydroxyl groups is 1. The average molecular weight is 368 g/mol. The molecule has 2 N–H and O–H groups in total. The lowest BCUT2D eigenvalue weighted by Crippen LogP contribution is -2.45. The van der Waals surface area contributed by atoms with Gasteiger partial charge in [0.25, 0.3) is 0 Å². The van der Waals surface area contributed by atoms with Crippen molar-refractivity contribution in [1.82, 2.24) is 5.32 Å². The number of rotatable bonds is 3. The van der Waals surface area contributed by atoms with Gasteiger partial charge in [-0.05, 0) is 43.0 Å². The zero-order chi connectivity index (χ0) is 18.4. The van der Waals surface area contributed by atoms with Crippen molar-refractivity contribution < 1.29 is 9.90 Å². The molecule has 1 fully saturated rings. The molecule has 0 unspecified atom stereocenters. The van der Waals surface area contributed by atoms with Crippen molar-refractivity contribution in [3.8, 4) is 11.8 Å². The topological polar surface area (TPSA) is 49.3 Å². The maximum Gasteiger partial charge on any atom is 0.224 e. The minimum atomic E-state index is -1.08. The van der Waals surface area contributed by atoms with Gasteiger partial charge < -0.3 is 10.4 Å². The Balaban J connectivity index is 1.60. The number of carbonyl (C=O) groups is 1. The lowest BCUT2D eigenvalue weighted by Gasteiger charge is -2.33. The van der Waals surface area contributed by atoms with Gasteiger partial charge in [-0.2, -0.15) is 0 Å². The molecule has 0 saturated heterocycles. The van der Waals surface area contributed by atoms with Crippen molar-refractivity contribution in [2.75, 3.05) is 0 Å². The first-order chi connectivity index (χ1) is 12.5. The van der Waals surface area contributed by atoms with Crippen LogP contribution in [0.5, 0.6) is 0 Å². The minimum Gasteiger partial charge on any atom is -0.378 e. The summed E-state index contributed by atoms with van der Waals surface area (Å²) in [6.45, 7) is 0. The van der Waals surface area contributed by atoms with Crippen molar-refractivity contribution in [1.29, 1.82) is 0 Å². The number of hydrogen-bond acceptors (Lipinski definition) is 2. The first-order valence-corrected chi connectivity index (χ1v) is 9.25. The summed E-state index contributed by atoms with van der Waals surface area (Å²) in [7, 11) is 0. The van der Waals surface area contributed by atoms with Crippen LogP contribution in [-0.4, -0.2) is 22.7 Å². The molecule has 2 aromatic rings. The standard InChI is InChI=1S/C22H22ClNO2/c23-19-9-4-8-18(14-19)11-13-22(26)12-5-10-20(16-22)24-21(25)15-17-6-2-1-3-7-17/h1-4,6-9,14,20,26H,5,10,12,15-16H2,(H,24,25)/t20-,22+/m0/s1. The molecule has 0 aliphatic heterocycles. The Morgan fingerprint density at radius 2 is 2.04 bits per heavy atom. The molecule has 2 atom stereocenters. The second-order valence-corrected chi connectivity index (χ2v) is 7.25. The highest BCUT2D eigenvalue weighted by Gasteiger charge is 2.33. The van der Waals surface area contributed by atoms with E-state index in [4.69, 9.17) is 11.6 Å². The fourth-order valence-corrected chi connectivity index (χ4v) is 3.49. The Kier molecular flexibility index (Phi) is 5.98. The highest BCUT2D eigenvalue weighted by Crippen LogP contribution is 2.28. The quantitative estimate of drug-likeness (QED) is 0.812. The van der Waals surface area contributed by atoms with Crippen LogP contribution in [-0.2, 0) is 11.2 Å². The molecule has 4 heteroatoms. The highest BCUT2D eigenvalue weighted by molar-refractivity contribution is 6.30. The van der Waals surface area contributed by atoms with E-state index < -0.39 is 5.60 Å². The normalized spacial score (nSPS) is 22.2. The third kappa shape index (κ3) is 5.36. The number of amides is 1. The van der Waals surface area contributed by atoms with Crippen LogP contribution in [0.1, 0.15) is 36.8 Å². The Hall–Kier alpha value is -2.28. The van der Waals surface area contributed by atoms with Crippen LogP contribution < -0.4 is 5.32 Å². The van der Waals surface area contributed by atoms with Gasteiger partial charge in [-0.3, -0.25) is 4.79 Å². The largest absolute Gasteiger partial charge is 0.378 e. The van der Waals surface area contributed by atoms with Crippen LogP contribution in [0.25, 0.3) is 0 Å². The first-order valence-electron chi connectivity index (χ1n) is 8.87. The number of benzene rings is 2. The predicted molar refractivity (Wildman–Crippen MR) is 104 cm³/mol. The summed E-state index contributed by atoms with van der Waals surface area (Å²) >= 11 is 5.97. The molecule has 3 rings (SSSR count). The van der Waals surface area contributed by atoms with E-state index in [-0.39, 0.29) is 11.9 Å². The molecule has 0 aromatic heterocycles. The lowest BCUT2D eigenvalue weighted by molar-refractivity contribution is -0.121. The molecule has 0 bridgehead atoms. The van der Waals surface area contributed by atoms with E-state index in [0.29, 0.717) is 24.3 Å². The molecule has 0 radical (unpaired) electrons. The fourth-order valence-electron chi connectivity index (χ4n) is 3.30. The zero-order valence-corrected chi connectivity index (χ0v) is 15.3. The molecule has 3 nitrogen and oxygen atoms in total.